The van der Waals surface area contributed by atoms with Crippen molar-refractivity contribution in [3.63, 3.8) is 0 Å². The van der Waals surface area contributed by atoms with Crippen LogP contribution in [0, 0.1) is 13.8 Å². The Morgan fingerprint density at radius 3 is 2.44 bits per heavy atom. The summed E-state index contributed by atoms with van der Waals surface area (Å²) >= 11 is 1.18. The van der Waals surface area contributed by atoms with E-state index in [1.54, 1.807) is 13.8 Å². The molecule has 0 aliphatic heterocycles. The minimum Gasteiger partial charge on any atom is -0.465 e. The van der Waals surface area contributed by atoms with Gasteiger partial charge in [0.1, 0.15) is 5.00 Å². The number of ether oxygens (including phenoxy) is 1. The number of thiophene rings is 1. The standard InChI is InChI=1S/C16H15F3N2O3S/c1-8-9(2)25-13(12(8)14(22)24-3)21-15(23)20-11-6-4-5-10(7-11)16(17,18)19/h4-7H,1-3H3,(H2,20,21,23). The van der Waals surface area contributed by atoms with Gasteiger partial charge in [-0.1, -0.05) is 6.07 Å². The lowest BCUT2D eigenvalue weighted by Crippen LogP contribution is -2.20. The number of esters is 1. The predicted octanol–water partition coefficient (Wildman–Crippen LogP) is 4.81. The summed E-state index contributed by atoms with van der Waals surface area (Å²) < 4.78 is 42.8. The quantitative estimate of drug-likeness (QED) is 0.760. The van der Waals surface area contributed by atoms with Gasteiger partial charge in [0.25, 0.3) is 0 Å². The van der Waals surface area contributed by atoms with Gasteiger partial charge in [-0.05, 0) is 37.6 Å². The number of halogens is 3. The van der Waals surface area contributed by atoms with Crippen molar-refractivity contribution >= 4 is 34.0 Å². The van der Waals surface area contributed by atoms with E-state index in [9.17, 15) is 22.8 Å². The van der Waals surface area contributed by atoms with Crippen molar-refractivity contribution in [1.82, 2.24) is 0 Å². The van der Waals surface area contributed by atoms with E-state index in [2.05, 4.69) is 10.6 Å². The van der Waals surface area contributed by atoms with Crippen molar-refractivity contribution in [3.8, 4) is 0 Å². The van der Waals surface area contributed by atoms with E-state index in [0.29, 0.717) is 5.56 Å². The molecule has 5 nitrogen and oxygen atoms in total. The molecule has 0 bridgehead atoms. The molecule has 0 atom stereocenters. The van der Waals surface area contributed by atoms with Gasteiger partial charge in [0.15, 0.2) is 0 Å². The lowest BCUT2D eigenvalue weighted by Gasteiger charge is -2.11. The smallest absolute Gasteiger partial charge is 0.416 e. The van der Waals surface area contributed by atoms with Gasteiger partial charge in [0.2, 0.25) is 0 Å². The van der Waals surface area contributed by atoms with Gasteiger partial charge < -0.3 is 10.1 Å². The molecule has 1 aromatic carbocycles. The van der Waals surface area contributed by atoms with Gasteiger partial charge in [-0.25, -0.2) is 9.59 Å². The van der Waals surface area contributed by atoms with Crippen LogP contribution in [0.25, 0.3) is 0 Å². The van der Waals surface area contributed by atoms with Crippen molar-refractivity contribution in [1.29, 1.82) is 0 Å². The van der Waals surface area contributed by atoms with Crippen LogP contribution in [0.1, 0.15) is 26.4 Å². The van der Waals surface area contributed by atoms with E-state index in [-0.39, 0.29) is 16.3 Å². The molecule has 9 heteroatoms. The summed E-state index contributed by atoms with van der Waals surface area (Å²) in [5.74, 6) is -0.601. The van der Waals surface area contributed by atoms with E-state index in [0.717, 1.165) is 17.0 Å². The first kappa shape index (κ1) is 18.8. The molecule has 0 fully saturated rings. The summed E-state index contributed by atoms with van der Waals surface area (Å²) in [5.41, 5.74) is 0.00992. The normalized spacial score (nSPS) is 11.1. The van der Waals surface area contributed by atoms with Gasteiger partial charge in [-0.15, -0.1) is 11.3 Å². The number of amides is 2. The maximum atomic E-state index is 12.7. The zero-order valence-corrected chi connectivity index (χ0v) is 14.4. The minimum atomic E-state index is -4.51. The number of carbonyl (C=O) groups is 2. The molecule has 134 valence electrons. The summed E-state index contributed by atoms with van der Waals surface area (Å²) in [6, 6.07) is 3.50. The van der Waals surface area contributed by atoms with Crippen molar-refractivity contribution in [2.24, 2.45) is 0 Å². The molecule has 2 aromatic rings. The molecule has 0 aliphatic rings. The molecule has 1 heterocycles. The maximum Gasteiger partial charge on any atom is 0.416 e. The molecule has 2 N–H and O–H groups in total. The second kappa shape index (κ2) is 7.14. The van der Waals surface area contributed by atoms with Crippen LogP contribution in [0.2, 0.25) is 0 Å². The first-order valence-electron chi connectivity index (χ1n) is 7.07. The number of rotatable bonds is 3. The van der Waals surface area contributed by atoms with Gasteiger partial charge >= 0.3 is 18.2 Å². The average molecular weight is 372 g/mol. The van der Waals surface area contributed by atoms with Gasteiger partial charge in [-0.3, -0.25) is 5.32 Å². The third kappa shape index (κ3) is 4.30. The number of hydrogen-bond acceptors (Lipinski definition) is 4. The number of alkyl halides is 3. The Balaban J connectivity index is 2.19. The highest BCUT2D eigenvalue weighted by Crippen LogP contribution is 2.33. The van der Waals surface area contributed by atoms with Crippen LogP contribution in [0.3, 0.4) is 0 Å². The van der Waals surface area contributed by atoms with E-state index in [1.165, 1.54) is 30.6 Å². The number of methoxy groups -OCH3 is 1. The first-order chi connectivity index (χ1) is 11.6. The maximum absolute atomic E-state index is 12.7. The minimum absolute atomic E-state index is 0.0167. The molecule has 0 spiro atoms. The number of urea groups is 1. The van der Waals surface area contributed by atoms with Crippen LogP contribution in [0.4, 0.5) is 28.7 Å². The molecule has 25 heavy (non-hydrogen) atoms. The fraction of sp³-hybridized carbons (Fsp3) is 0.250. The SMILES string of the molecule is COC(=O)c1c(NC(=O)Nc2cccc(C(F)(F)F)c2)sc(C)c1C. The molecule has 1 aromatic heterocycles. The zero-order valence-electron chi connectivity index (χ0n) is 13.6. The van der Waals surface area contributed by atoms with E-state index in [1.807, 2.05) is 0 Å². The third-order valence-electron chi connectivity index (χ3n) is 3.45. The van der Waals surface area contributed by atoms with Crippen LogP contribution in [-0.2, 0) is 10.9 Å². The number of benzene rings is 1. The second-order valence-corrected chi connectivity index (χ2v) is 6.36. The molecule has 0 saturated carbocycles. The number of nitrogens with one attached hydrogen (secondary N) is 2. The summed E-state index contributed by atoms with van der Waals surface area (Å²) in [6.07, 6.45) is -4.51. The Morgan fingerprint density at radius 2 is 1.84 bits per heavy atom. The second-order valence-electron chi connectivity index (χ2n) is 5.14. The van der Waals surface area contributed by atoms with Crippen molar-refractivity contribution in [2.45, 2.75) is 20.0 Å². The largest absolute Gasteiger partial charge is 0.465 e. The molecule has 0 unspecified atom stereocenters. The molecular weight excluding hydrogens is 357 g/mol. The van der Waals surface area contributed by atoms with Crippen LogP contribution >= 0.6 is 11.3 Å². The molecule has 0 radical (unpaired) electrons. The highest BCUT2D eigenvalue weighted by atomic mass is 32.1. The summed E-state index contributed by atoms with van der Waals surface area (Å²) in [4.78, 5) is 24.7. The molecule has 2 rings (SSSR count). The number of hydrogen-bond donors (Lipinski definition) is 2. The van der Waals surface area contributed by atoms with Crippen molar-refractivity contribution < 1.29 is 27.5 Å². The average Bonchev–Trinajstić information content (AvgIpc) is 2.80. The summed E-state index contributed by atoms with van der Waals surface area (Å²) in [7, 11) is 1.22. The molecule has 0 saturated heterocycles. The predicted molar refractivity (Wildman–Crippen MR) is 89.2 cm³/mol. The van der Waals surface area contributed by atoms with Crippen molar-refractivity contribution in [2.75, 3.05) is 17.7 Å². The fourth-order valence-corrected chi connectivity index (χ4v) is 3.15. The molecule has 2 amide bonds. The van der Waals surface area contributed by atoms with Gasteiger partial charge in [-0.2, -0.15) is 13.2 Å². The lowest BCUT2D eigenvalue weighted by atomic mass is 10.1. The van der Waals surface area contributed by atoms with Crippen molar-refractivity contribution in [3.05, 3.63) is 45.8 Å². The van der Waals surface area contributed by atoms with E-state index < -0.39 is 23.7 Å². The van der Waals surface area contributed by atoms with E-state index in [4.69, 9.17) is 4.74 Å². The van der Waals surface area contributed by atoms with Crippen LogP contribution in [0.5, 0.6) is 0 Å². The van der Waals surface area contributed by atoms with Crippen LogP contribution in [0.15, 0.2) is 24.3 Å². The highest BCUT2D eigenvalue weighted by Gasteiger charge is 2.30. The number of anilines is 2. The summed E-state index contributed by atoms with van der Waals surface area (Å²) in [5, 5.41) is 5.07. The summed E-state index contributed by atoms with van der Waals surface area (Å²) in [6.45, 7) is 3.50. The zero-order chi connectivity index (χ0) is 18.8. The fourth-order valence-electron chi connectivity index (χ4n) is 2.10. The van der Waals surface area contributed by atoms with Gasteiger partial charge in [0.05, 0.1) is 18.2 Å². The number of aryl methyl sites for hydroxylation is 1. The topological polar surface area (TPSA) is 67.4 Å². The Bertz CT molecular complexity index is 815. The van der Waals surface area contributed by atoms with E-state index >= 15 is 0 Å². The third-order valence-corrected chi connectivity index (χ3v) is 4.57. The Morgan fingerprint density at radius 1 is 1.16 bits per heavy atom. The lowest BCUT2D eigenvalue weighted by molar-refractivity contribution is -0.137. The highest BCUT2D eigenvalue weighted by molar-refractivity contribution is 7.16. The van der Waals surface area contributed by atoms with Crippen LogP contribution < -0.4 is 10.6 Å². The number of carbonyl (C=O) groups excluding carboxylic acids is 2. The molecule has 0 aliphatic carbocycles. The van der Waals surface area contributed by atoms with Gasteiger partial charge in [0, 0.05) is 10.6 Å². The van der Waals surface area contributed by atoms with Crippen LogP contribution in [-0.4, -0.2) is 19.1 Å². The first-order valence-corrected chi connectivity index (χ1v) is 7.88. The molecular formula is C16H15F3N2O3S. The Kier molecular flexibility index (Phi) is 5.36. The monoisotopic (exact) mass is 372 g/mol. The Labute approximate surface area is 145 Å². The Hall–Kier alpha value is -2.55.